The third kappa shape index (κ3) is 1.96. The van der Waals surface area contributed by atoms with Crippen LogP contribution in [0.25, 0.3) is 0 Å². The zero-order valence-corrected chi connectivity index (χ0v) is 6.64. The minimum Gasteiger partial charge on any atom is -0.478 e. The molecule has 0 aliphatic carbocycles. The average molecular weight is 180 g/mol. The summed E-state index contributed by atoms with van der Waals surface area (Å²) in [5, 5.41) is 19.7. The highest BCUT2D eigenvalue weighted by atomic mass is 16.4. The fraction of sp³-hybridized carbons (Fsp3) is 0. The molecule has 0 aliphatic heterocycles. The second kappa shape index (κ2) is 3.57. The van der Waals surface area contributed by atoms with E-state index >= 15 is 0 Å². The smallest absolute Gasteiger partial charge is 0.335 e. The van der Waals surface area contributed by atoms with E-state index in [-0.39, 0.29) is 11.4 Å². The SMILES string of the molecule is N/C(=N/O)c1ccc(C(=O)O)cc1. The third-order valence-corrected chi connectivity index (χ3v) is 1.54. The van der Waals surface area contributed by atoms with Crippen LogP contribution in [0, 0.1) is 0 Å². The van der Waals surface area contributed by atoms with Crippen LogP contribution in [0.2, 0.25) is 0 Å². The lowest BCUT2D eigenvalue weighted by atomic mass is 10.1. The summed E-state index contributed by atoms with van der Waals surface area (Å²) in [7, 11) is 0. The largest absolute Gasteiger partial charge is 0.478 e. The summed E-state index contributed by atoms with van der Waals surface area (Å²) in [5.41, 5.74) is 5.91. The maximum atomic E-state index is 10.4. The molecule has 0 unspecified atom stereocenters. The molecule has 0 saturated heterocycles. The lowest BCUT2D eigenvalue weighted by molar-refractivity contribution is 0.0697. The van der Waals surface area contributed by atoms with E-state index in [1.54, 1.807) is 0 Å². The average Bonchev–Trinajstić information content (AvgIpc) is 2.17. The Hall–Kier alpha value is -2.04. The molecule has 0 aliphatic rings. The topological polar surface area (TPSA) is 95.9 Å². The van der Waals surface area contributed by atoms with Crippen LogP contribution in [0.1, 0.15) is 15.9 Å². The van der Waals surface area contributed by atoms with Gasteiger partial charge in [0.2, 0.25) is 0 Å². The number of aromatic carboxylic acids is 1. The number of benzene rings is 1. The van der Waals surface area contributed by atoms with Crippen LogP contribution in [-0.2, 0) is 0 Å². The van der Waals surface area contributed by atoms with Gasteiger partial charge < -0.3 is 16.0 Å². The molecule has 5 heteroatoms. The highest BCUT2D eigenvalue weighted by molar-refractivity contribution is 5.98. The fourth-order valence-corrected chi connectivity index (χ4v) is 0.841. The van der Waals surface area contributed by atoms with Crippen molar-refractivity contribution in [3.8, 4) is 0 Å². The van der Waals surface area contributed by atoms with Crippen molar-refractivity contribution in [1.29, 1.82) is 0 Å². The zero-order chi connectivity index (χ0) is 9.84. The van der Waals surface area contributed by atoms with Crippen molar-refractivity contribution in [2.24, 2.45) is 10.9 Å². The molecule has 0 atom stereocenters. The van der Waals surface area contributed by atoms with E-state index in [1.165, 1.54) is 24.3 Å². The van der Waals surface area contributed by atoms with E-state index in [0.717, 1.165) is 0 Å². The van der Waals surface area contributed by atoms with Gasteiger partial charge in [-0.15, -0.1) is 0 Å². The molecule has 1 aromatic rings. The number of carboxylic acid groups (broad SMARTS) is 1. The Morgan fingerprint density at radius 3 is 2.08 bits per heavy atom. The van der Waals surface area contributed by atoms with Gasteiger partial charge in [0.25, 0.3) is 0 Å². The number of hydrogen-bond donors (Lipinski definition) is 3. The van der Waals surface area contributed by atoms with Crippen LogP contribution in [0.15, 0.2) is 29.4 Å². The number of nitrogens with two attached hydrogens (primary N) is 1. The first-order chi connectivity index (χ1) is 6.15. The highest BCUT2D eigenvalue weighted by Gasteiger charge is 2.03. The van der Waals surface area contributed by atoms with E-state index < -0.39 is 5.97 Å². The van der Waals surface area contributed by atoms with Crippen molar-refractivity contribution in [3.05, 3.63) is 35.4 Å². The lowest BCUT2D eigenvalue weighted by Crippen LogP contribution is -2.13. The Kier molecular flexibility index (Phi) is 2.49. The Labute approximate surface area is 74.1 Å². The number of hydrogen-bond acceptors (Lipinski definition) is 3. The van der Waals surface area contributed by atoms with E-state index in [0.29, 0.717) is 5.56 Å². The van der Waals surface area contributed by atoms with Gasteiger partial charge in [-0.2, -0.15) is 0 Å². The molecule has 0 heterocycles. The first-order valence-electron chi connectivity index (χ1n) is 3.46. The molecule has 0 amide bonds. The summed E-state index contributed by atoms with van der Waals surface area (Å²) in [6.07, 6.45) is 0. The molecule has 68 valence electrons. The van der Waals surface area contributed by atoms with Gasteiger partial charge in [0.1, 0.15) is 0 Å². The molecule has 0 spiro atoms. The third-order valence-electron chi connectivity index (χ3n) is 1.54. The van der Waals surface area contributed by atoms with Crippen LogP contribution >= 0.6 is 0 Å². The summed E-state index contributed by atoms with van der Waals surface area (Å²) in [6.45, 7) is 0. The van der Waals surface area contributed by atoms with Crippen LogP contribution in [0.5, 0.6) is 0 Å². The normalized spacial score (nSPS) is 11.2. The lowest BCUT2D eigenvalue weighted by Gasteiger charge is -1.98. The Morgan fingerprint density at radius 1 is 1.23 bits per heavy atom. The van der Waals surface area contributed by atoms with E-state index in [1.807, 2.05) is 0 Å². The van der Waals surface area contributed by atoms with Gasteiger partial charge in [-0.05, 0) is 12.1 Å². The summed E-state index contributed by atoms with van der Waals surface area (Å²) in [5.74, 6) is -1.05. The van der Waals surface area contributed by atoms with Crippen LogP contribution in [0.4, 0.5) is 0 Å². The number of carbonyl (C=O) groups is 1. The first kappa shape index (κ1) is 9.05. The standard InChI is InChI=1S/C8H8N2O3/c9-7(10-13)5-1-3-6(4-2-5)8(11)12/h1-4,13H,(H2,9,10)(H,11,12). The van der Waals surface area contributed by atoms with Crippen LogP contribution in [0.3, 0.4) is 0 Å². The Bertz CT molecular complexity index is 343. The van der Waals surface area contributed by atoms with Crippen molar-refractivity contribution >= 4 is 11.8 Å². The quantitative estimate of drug-likeness (QED) is 0.267. The number of oxime groups is 1. The molecule has 0 aromatic heterocycles. The molecule has 1 aromatic carbocycles. The van der Waals surface area contributed by atoms with Gasteiger partial charge in [0, 0.05) is 5.56 Å². The molecular formula is C8H8N2O3. The zero-order valence-electron chi connectivity index (χ0n) is 6.64. The van der Waals surface area contributed by atoms with Gasteiger partial charge in [-0.1, -0.05) is 17.3 Å². The number of nitrogens with zero attached hydrogens (tertiary/aromatic N) is 1. The van der Waals surface area contributed by atoms with Crippen molar-refractivity contribution in [3.63, 3.8) is 0 Å². The van der Waals surface area contributed by atoms with E-state index in [4.69, 9.17) is 16.0 Å². The molecule has 13 heavy (non-hydrogen) atoms. The number of amidine groups is 1. The Balaban J connectivity index is 3.00. The van der Waals surface area contributed by atoms with Gasteiger partial charge in [0.05, 0.1) is 5.56 Å². The molecule has 0 fully saturated rings. The monoisotopic (exact) mass is 180 g/mol. The maximum absolute atomic E-state index is 10.4. The minimum atomic E-state index is -1.01. The first-order valence-corrected chi connectivity index (χ1v) is 3.46. The van der Waals surface area contributed by atoms with Gasteiger partial charge >= 0.3 is 5.97 Å². The summed E-state index contributed by atoms with van der Waals surface area (Å²) in [4.78, 5) is 10.4. The molecule has 1 rings (SSSR count). The second-order valence-electron chi connectivity index (χ2n) is 2.37. The van der Waals surface area contributed by atoms with Crippen molar-refractivity contribution in [1.82, 2.24) is 0 Å². The van der Waals surface area contributed by atoms with Gasteiger partial charge in [-0.3, -0.25) is 0 Å². The molecule has 4 N–H and O–H groups in total. The van der Waals surface area contributed by atoms with E-state index in [9.17, 15) is 4.79 Å². The maximum Gasteiger partial charge on any atom is 0.335 e. The second-order valence-corrected chi connectivity index (χ2v) is 2.37. The predicted octanol–water partition coefficient (Wildman–Crippen LogP) is 0.479. The number of carboxylic acids is 1. The molecule has 0 saturated carbocycles. The highest BCUT2D eigenvalue weighted by Crippen LogP contribution is 2.03. The predicted molar refractivity (Wildman–Crippen MR) is 45.9 cm³/mol. The van der Waals surface area contributed by atoms with Crippen molar-refractivity contribution < 1.29 is 15.1 Å². The van der Waals surface area contributed by atoms with Gasteiger partial charge in [0.15, 0.2) is 5.84 Å². The molecular weight excluding hydrogens is 172 g/mol. The van der Waals surface area contributed by atoms with Gasteiger partial charge in [-0.25, -0.2) is 4.79 Å². The molecule has 5 nitrogen and oxygen atoms in total. The molecule has 0 radical (unpaired) electrons. The summed E-state index contributed by atoms with van der Waals surface area (Å²) >= 11 is 0. The summed E-state index contributed by atoms with van der Waals surface area (Å²) < 4.78 is 0. The Morgan fingerprint density at radius 2 is 1.69 bits per heavy atom. The minimum absolute atomic E-state index is 0.0445. The van der Waals surface area contributed by atoms with Crippen molar-refractivity contribution in [2.75, 3.05) is 0 Å². The fourth-order valence-electron chi connectivity index (χ4n) is 0.841. The molecule has 0 bridgehead atoms. The van der Waals surface area contributed by atoms with Crippen molar-refractivity contribution in [2.45, 2.75) is 0 Å². The number of rotatable bonds is 2. The van der Waals surface area contributed by atoms with Crippen LogP contribution in [-0.4, -0.2) is 22.1 Å². The van der Waals surface area contributed by atoms with Crippen LogP contribution < -0.4 is 5.73 Å². The van der Waals surface area contributed by atoms with E-state index in [2.05, 4.69) is 5.16 Å². The summed E-state index contributed by atoms with van der Waals surface area (Å²) in [6, 6.07) is 5.71.